The van der Waals surface area contributed by atoms with Crippen molar-refractivity contribution in [2.75, 3.05) is 31.1 Å². The second-order valence-electron chi connectivity index (χ2n) is 12.3. The summed E-state index contributed by atoms with van der Waals surface area (Å²) in [5, 5.41) is 18.0. The van der Waals surface area contributed by atoms with Gasteiger partial charge in [-0.25, -0.2) is 4.68 Å². The molecule has 45 heavy (non-hydrogen) atoms. The van der Waals surface area contributed by atoms with E-state index in [4.69, 9.17) is 4.74 Å². The molecule has 2 aromatic carbocycles. The minimum atomic E-state index is -1.18. The van der Waals surface area contributed by atoms with E-state index in [0.717, 1.165) is 5.52 Å². The van der Waals surface area contributed by atoms with Crippen molar-refractivity contribution in [1.29, 1.82) is 0 Å². The van der Waals surface area contributed by atoms with Crippen LogP contribution in [0.3, 0.4) is 0 Å². The number of rotatable bonds is 13. The molecule has 1 aromatic heterocycles. The van der Waals surface area contributed by atoms with Crippen molar-refractivity contribution < 1.29 is 24.2 Å². The molecule has 3 amide bonds. The highest BCUT2D eigenvalue weighted by atomic mass is 16.5. The quantitative estimate of drug-likeness (QED) is 0.233. The zero-order valence-corrected chi connectivity index (χ0v) is 25.6. The van der Waals surface area contributed by atoms with Crippen LogP contribution >= 0.6 is 0 Å². The van der Waals surface area contributed by atoms with Gasteiger partial charge in [0.1, 0.15) is 23.8 Å². The van der Waals surface area contributed by atoms with Crippen molar-refractivity contribution in [2.24, 2.45) is 11.8 Å². The second-order valence-corrected chi connectivity index (χ2v) is 12.3. The molecule has 4 heterocycles. The molecule has 0 saturated carbocycles. The van der Waals surface area contributed by atoms with E-state index in [9.17, 15) is 19.5 Å². The van der Waals surface area contributed by atoms with Gasteiger partial charge in [-0.05, 0) is 56.9 Å². The molecular weight excluding hydrogens is 572 g/mol. The van der Waals surface area contributed by atoms with Gasteiger partial charge in [-0.1, -0.05) is 47.7 Å². The fourth-order valence-corrected chi connectivity index (χ4v) is 7.67. The number of aromatic nitrogens is 3. The minimum absolute atomic E-state index is 0.0273. The summed E-state index contributed by atoms with van der Waals surface area (Å²) in [5.41, 5.74) is 0.0867. The Morgan fingerprint density at radius 2 is 1.78 bits per heavy atom. The minimum Gasteiger partial charge on any atom is -0.396 e. The summed E-state index contributed by atoms with van der Waals surface area (Å²) >= 11 is 0. The summed E-state index contributed by atoms with van der Waals surface area (Å²) in [5.74, 6) is -2.39. The van der Waals surface area contributed by atoms with Gasteiger partial charge in [-0.15, -0.1) is 18.3 Å². The van der Waals surface area contributed by atoms with Gasteiger partial charge in [0.15, 0.2) is 0 Å². The SMILES string of the molecule is C=CCN(Cn1nnc2ccccc21)C(=O)C1N(CCCCO)C(=O)[C@@H]2[C@H](C(=O)N(CC=C)c3ccccc3)[C@]3(C)CCC12O3. The van der Waals surface area contributed by atoms with Crippen LogP contribution in [-0.2, 0) is 25.8 Å². The van der Waals surface area contributed by atoms with Crippen LogP contribution in [0.15, 0.2) is 79.9 Å². The highest BCUT2D eigenvalue weighted by Crippen LogP contribution is 2.63. The molecule has 2 bridgehead atoms. The number of likely N-dealkylation sites (tertiary alicyclic amines) is 1. The van der Waals surface area contributed by atoms with Crippen LogP contribution in [0.25, 0.3) is 11.0 Å². The molecule has 1 N–H and O–H groups in total. The predicted molar refractivity (Wildman–Crippen MR) is 169 cm³/mol. The maximum absolute atomic E-state index is 14.7. The first kappa shape index (κ1) is 30.7. The van der Waals surface area contributed by atoms with Crippen molar-refractivity contribution >= 4 is 34.4 Å². The largest absolute Gasteiger partial charge is 0.396 e. The second kappa shape index (κ2) is 12.2. The third kappa shape index (κ3) is 5.04. The standard InChI is InChI=1S/C34H40N6O5/c1-4-19-37(23-40-26-16-10-9-15-25(26)35-36-40)32(44)29-34-18-17-33(3,45-34)27(28(34)31(43)39(29)21-11-12-22-41)30(42)38(20-5-2)24-13-7-6-8-14-24/h4-10,13-16,27-29,41H,1-2,11-12,17-23H2,3H3/t27-,28+,29?,33+,34?/m1/s1. The van der Waals surface area contributed by atoms with Crippen molar-refractivity contribution in [3.63, 3.8) is 0 Å². The van der Waals surface area contributed by atoms with Crippen LogP contribution in [-0.4, -0.2) is 91.1 Å². The smallest absolute Gasteiger partial charge is 0.250 e. The first-order valence-corrected chi connectivity index (χ1v) is 15.6. The van der Waals surface area contributed by atoms with E-state index in [-0.39, 0.29) is 50.6 Å². The molecule has 1 spiro atoms. The van der Waals surface area contributed by atoms with Gasteiger partial charge >= 0.3 is 0 Å². The lowest BCUT2D eigenvalue weighted by atomic mass is 9.66. The van der Waals surface area contributed by atoms with Gasteiger partial charge in [0.2, 0.25) is 17.7 Å². The molecule has 3 saturated heterocycles. The van der Waals surface area contributed by atoms with E-state index < -0.39 is 29.1 Å². The van der Waals surface area contributed by atoms with E-state index in [1.54, 1.807) is 31.5 Å². The van der Waals surface area contributed by atoms with E-state index in [0.29, 0.717) is 36.9 Å². The highest BCUT2D eigenvalue weighted by molar-refractivity contribution is 6.03. The number of carbonyl (C=O) groups excluding carboxylic acids is 3. The molecule has 0 radical (unpaired) electrons. The van der Waals surface area contributed by atoms with Crippen LogP contribution in [0.5, 0.6) is 0 Å². The molecule has 3 aromatic rings. The van der Waals surface area contributed by atoms with E-state index in [1.165, 1.54) is 0 Å². The number of unbranched alkanes of at least 4 members (excludes halogenated alkanes) is 1. The number of benzene rings is 2. The number of fused-ring (bicyclic) bond motifs is 2. The van der Waals surface area contributed by atoms with Gasteiger partial charge in [0.25, 0.3) is 0 Å². The lowest BCUT2D eigenvalue weighted by molar-refractivity contribution is -0.152. The number of hydrogen-bond acceptors (Lipinski definition) is 7. The van der Waals surface area contributed by atoms with Crippen LogP contribution in [0.1, 0.15) is 32.6 Å². The average molecular weight is 613 g/mol. The molecule has 236 valence electrons. The number of aliphatic hydroxyl groups excluding tert-OH is 1. The summed E-state index contributed by atoms with van der Waals surface area (Å²) < 4.78 is 8.51. The monoisotopic (exact) mass is 612 g/mol. The van der Waals surface area contributed by atoms with Crippen molar-refractivity contribution in [1.82, 2.24) is 24.8 Å². The third-order valence-electron chi connectivity index (χ3n) is 9.62. The molecule has 11 nitrogen and oxygen atoms in total. The number of aliphatic hydroxyl groups is 1. The molecule has 2 unspecified atom stereocenters. The number of carbonyl (C=O) groups is 3. The fourth-order valence-electron chi connectivity index (χ4n) is 7.67. The van der Waals surface area contributed by atoms with Crippen LogP contribution in [0.4, 0.5) is 5.69 Å². The van der Waals surface area contributed by atoms with Crippen molar-refractivity contribution in [2.45, 2.75) is 56.5 Å². The van der Waals surface area contributed by atoms with Gasteiger partial charge in [-0.3, -0.25) is 14.4 Å². The maximum atomic E-state index is 14.7. The number of amides is 3. The Bertz CT molecular complexity index is 1610. The molecule has 3 fully saturated rings. The molecule has 0 aliphatic carbocycles. The highest BCUT2D eigenvalue weighted by Gasteiger charge is 2.78. The van der Waals surface area contributed by atoms with Gasteiger partial charge in [-0.2, -0.15) is 0 Å². The lowest BCUT2D eigenvalue weighted by Crippen LogP contribution is -2.56. The molecule has 6 rings (SSSR count). The number of anilines is 1. The first-order valence-electron chi connectivity index (χ1n) is 15.6. The van der Waals surface area contributed by atoms with E-state index in [1.807, 2.05) is 61.5 Å². The van der Waals surface area contributed by atoms with E-state index >= 15 is 0 Å². The Labute approximate surface area is 262 Å². The average Bonchev–Trinajstić information content (AvgIpc) is 3.75. The molecule has 5 atom stereocenters. The maximum Gasteiger partial charge on any atom is 0.250 e. The topological polar surface area (TPSA) is 121 Å². The Morgan fingerprint density at radius 3 is 2.51 bits per heavy atom. The van der Waals surface area contributed by atoms with Crippen molar-refractivity contribution in [3.8, 4) is 0 Å². The summed E-state index contributed by atoms with van der Waals surface area (Å²) in [6, 6.07) is 15.9. The molecule has 3 aliphatic rings. The third-order valence-corrected chi connectivity index (χ3v) is 9.62. The first-order chi connectivity index (χ1) is 21.8. The fraction of sp³-hybridized carbons (Fsp3) is 0.441. The number of ether oxygens (including phenoxy) is 1. The molecular formula is C34H40N6O5. The number of nitrogens with zero attached hydrogens (tertiary/aromatic N) is 6. The summed E-state index contributed by atoms with van der Waals surface area (Å²) in [7, 11) is 0. The van der Waals surface area contributed by atoms with Crippen LogP contribution in [0.2, 0.25) is 0 Å². The Hall–Kier alpha value is -4.35. The lowest BCUT2D eigenvalue weighted by Gasteiger charge is -2.37. The summed E-state index contributed by atoms with van der Waals surface area (Å²) in [4.78, 5) is 48.6. The molecule has 3 aliphatic heterocycles. The van der Waals surface area contributed by atoms with Gasteiger partial charge in [0.05, 0.1) is 23.0 Å². The normalized spacial score (nSPS) is 26.7. The Morgan fingerprint density at radius 1 is 1.04 bits per heavy atom. The zero-order valence-electron chi connectivity index (χ0n) is 25.6. The van der Waals surface area contributed by atoms with Crippen LogP contribution in [0, 0.1) is 11.8 Å². The van der Waals surface area contributed by atoms with Crippen molar-refractivity contribution in [3.05, 3.63) is 79.9 Å². The summed E-state index contributed by atoms with van der Waals surface area (Å²) in [6.07, 6.45) is 5.30. The zero-order chi connectivity index (χ0) is 31.8. The van der Waals surface area contributed by atoms with Gasteiger partial charge in [0, 0.05) is 31.9 Å². The van der Waals surface area contributed by atoms with Crippen LogP contribution < -0.4 is 4.90 Å². The molecule has 11 heteroatoms. The van der Waals surface area contributed by atoms with E-state index in [2.05, 4.69) is 23.5 Å². The Balaban J connectivity index is 1.39. The predicted octanol–water partition coefficient (Wildman–Crippen LogP) is 3.16. The van der Waals surface area contributed by atoms with Gasteiger partial charge < -0.3 is 24.5 Å². The number of para-hydroxylation sites is 2. The summed E-state index contributed by atoms with van der Waals surface area (Å²) in [6.45, 7) is 10.5. The Kier molecular flexibility index (Phi) is 8.32. The number of hydrogen-bond donors (Lipinski definition) is 1.